The summed E-state index contributed by atoms with van der Waals surface area (Å²) in [5.41, 5.74) is 1.43. The van der Waals surface area contributed by atoms with Gasteiger partial charge in [-0.25, -0.2) is 4.79 Å². The molecule has 4 nitrogen and oxygen atoms in total. The van der Waals surface area contributed by atoms with Gasteiger partial charge in [0.2, 0.25) is 0 Å². The summed E-state index contributed by atoms with van der Waals surface area (Å²) in [5, 5.41) is 11.9. The topological polar surface area (TPSA) is 49.8 Å². The molecule has 1 heterocycles. The Balaban J connectivity index is 2.09. The molecular weight excluding hydrogens is 314 g/mol. The highest BCUT2D eigenvalue weighted by Crippen LogP contribution is 2.35. The van der Waals surface area contributed by atoms with E-state index in [1.54, 1.807) is 0 Å². The Morgan fingerprint density at radius 1 is 1.24 bits per heavy atom. The molecule has 2 atom stereocenters. The standard InChI is InChI=1S/C21H33NO3/c1-14(2)18-12-17(13-21(6,7)22(18)24)25-19(23)15-8-10-16(11-9-15)20(3,4)5/h8-11,14,17-18,24H,12-13H2,1-7H3. The van der Waals surface area contributed by atoms with Crippen LogP contribution >= 0.6 is 0 Å². The molecule has 1 aliphatic heterocycles. The second-order valence-corrected chi connectivity index (χ2v) is 9.26. The van der Waals surface area contributed by atoms with Crippen LogP contribution in [-0.2, 0) is 10.2 Å². The van der Waals surface area contributed by atoms with Crippen LogP contribution in [0.4, 0.5) is 0 Å². The number of nitrogens with zero attached hydrogens (tertiary/aromatic N) is 1. The van der Waals surface area contributed by atoms with Gasteiger partial charge in [-0.15, -0.1) is 0 Å². The highest BCUT2D eigenvalue weighted by Gasteiger charge is 2.43. The minimum atomic E-state index is -0.409. The van der Waals surface area contributed by atoms with Gasteiger partial charge >= 0.3 is 5.97 Å². The number of piperidine rings is 1. The van der Waals surface area contributed by atoms with Crippen molar-refractivity contribution in [3.8, 4) is 0 Å². The Kier molecular flexibility index (Phi) is 5.65. The molecule has 0 radical (unpaired) electrons. The fourth-order valence-electron chi connectivity index (χ4n) is 3.52. The normalized spacial score (nSPS) is 24.4. The van der Waals surface area contributed by atoms with Gasteiger partial charge in [-0.05, 0) is 42.9 Å². The van der Waals surface area contributed by atoms with Crippen molar-refractivity contribution in [3.63, 3.8) is 0 Å². The van der Waals surface area contributed by atoms with Gasteiger partial charge in [-0.1, -0.05) is 46.8 Å². The highest BCUT2D eigenvalue weighted by molar-refractivity contribution is 5.89. The number of carbonyl (C=O) groups excluding carboxylic acids is 1. The molecule has 2 rings (SSSR count). The molecule has 0 spiro atoms. The SMILES string of the molecule is CC(C)C1CC(OC(=O)c2ccc(C(C)(C)C)cc2)CC(C)(C)N1O. The van der Waals surface area contributed by atoms with E-state index in [1.165, 1.54) is 10.6 Å². The third-order valence-corrected chi connectivity index (χ3v) is 5.20. The molecule has 4 heteroatoms. The number of hydrogen-bond acceptors (Lipinski definition) is 4. The third-order valence-electron chi connectivity index (χ3n) is 5.20. The van der Waals surface area contributed by atoms with E-state index >= 15 is 0 Å². The zero-order valence-electron chi connectivity index (χ0n) is 16.7. The lowest BCUT2D eigenvalue weighted by Gasteiger charge is -2.47. The highest BCUT2D eigenvalue weighted by atomic mass is 16.5. The number of carbonyl (C=O) groups is 1. The number of esters is 1. The zero-order valence-corrected chi connectivity index (χ0v) is 16.7. The number of benzene rings is 1. The maximum Gasteiger partial charge on any atom is 0.338 e. The lowest BCUT2D eigenvalue weighted by Crippen LogP contribution is -2.57. The van der Waals surface area contributed by atoms with Crippen LogP contribution in [0.1, 0.15) is 77.2 Å². The molecule has 1 aromatic carbocycles. The molecular formula is C21H33NO3. The van der Waals surface area contributed by atoms with Crippen molar-refractivity contribution in [2.75, 3.05) is 0 Å². The first-order valence-corrected chi connectivity index (χ1v) is 9.21. The minimum Gasteiger partial charge on any atom is -0.459 e. The van der Waals surface area contributed by atoms with Gasteiger partial charge in [0.1, 0.15) is 6.10 Å². The number of hydroxylamine groups is 2. The van der Waals surface area contributed by atoms with E-state index in [-0.39, 0.29) is 29.4 Å². The van der Waals surface area contributed by atoms with Crippen molar-refractivity contribution in [2.24, 2.45) is 5.92 Å². The fourth-order valence-corrected chi connectivity index (χ4v) is 3.52. The average Bonchev–Trinajstić information content (AvgIpc) is 2.49. The number of ether oxygens (including phenoxy) is 1. The number of rotatable bonds is 3. The van der Waals surface area contributed by atoms with Gasteiger partial charge in [0.25, 0.3) is 0 Å². The first-order valence-electron chi connectivity index (χ1n) is 9.21. The Hall–Kier alpha value is -1.39. The average molecular weight is 347 g/mol. The molecule has 1 saturated heterocycles. The maximum absolute atomic E-state index is 12.5. The lowest BCUT2D eigenvalue weighted by atomic mass is 9.82. The minimum absolute atomic E-state index is 0.00943. The molecule has 0 amide bonds. The van der Waals surface area contributed by atoms with E-state index < -0.39 is 5.54 Å². The summed E-state index contributed by atoms with van der Waals surface area (Å²) >= 11 is 0. The van der Waals surface area contributed by atoms with Gasteiger partial charge in [0.15, 0.2) is 0 Å². The largest absolute Gasteiger partial charge is 0.459 e. The summed E-state index contributed by atoms with van der Waals surface area (Å²) in [6, 6.07) is 7.66. The first-order chi connectivity index (χ1) is 11.4. The van der Waals surface area contributed by atoms with Crippen LogP contribution in [-0.4, -0.2) is 33.9 Å². The van der Waals surface area contributed by atoms with Crippen molar-refractivity contribution in [1.82, 2.24) is 5.06 Å². The summed E-state index contributed by atoms with van der Waals surface area (Å²) in [5.74, 6) is 0.00648. The zero-order chi connectivity index (χ0) is 19.0. The van der Waals surface area contributed by atoms with Crippen LogP contribution in [0.25, 0.3) is 0 Å². The van der Waals surface area contributed by atoms with E-state index in [2.05, 4.69) is 34.6 Å². The van der Waals surface area contributed by atoms with E-state index in [4.69, 9.17) is 4.74 Å². The summed E-state index contributed by atoms with van der Waals surface area (Å²) in [6.45, 7) is 14.6. The van der Waals surface area contributed by atoms with Crippen LogP contribution < -0.4 is 0 Å². The third kappa shape index (κ3) is 4.62. The van der Waals surface area contributed by atoms with Gasteiger partial charge < -0.3 is 9.94 Å². The summed E-state index contributed by atoms with van der Waals surface area (Å²) in [7, 11) is 0. The molecule has 140 valence electrons. The molecule has 1 fully saturated rings. The monoisotopic (exact) mass is 347 g/mol. The van der Waals surface area contributed by atoms with E-state index in [9.17, 15) is 10.0 Å². The van der Waals surface area contributed by atoms with E-state index in [0.717, 1.165) is 0 Å². The van der Waals surface area contributed by atoms with Gasteiger partial charge in [0.05, 0.1) is 5.56 Å². The van der Waals surface area contributed by atoms with Crippen molar-refractivity contribution in [2.45, 2.75) is 84.4 Å². The second-order valence-electron chi connectivity index (χ2n) is 9.26. The maximum atomic E-state index is 12.5. The Labute approximate surface area is 152 Å². The fraction of sp³-hybridized carbons (Fsp3) is 0.667. The predicted molar refractivity (Wildman–Crippen MR) is 99.9 cm³/mol. The molecule has 0 bridgehead atoms. The quantitative estimate of drug-likeness (QED) is 0.798. The number of hydrogen-bond donors (Lipinski definition) is 1. The van der Waals surface area contributed by atoms with Crippen molar-refractivity contribution in [3.05, 3.63) is 35.4 Å². The van der Waals surface area contributed by atoms with Gasteiger partial charge in [-0.3, -0.25) is 0 Å². The Bertz CT molecular complexity index is 599. The van der Waals surface area contributed by atoms with Gasteiger partial charge in [-0.2, -0.15) is 5.06 Å². The Morgan fingerprint density at radius 3 is 2.28 bits per heavy atom. The molecule has 1 aromatic rings. The summed E-state index contributed by atoms with van der Waals surface area (Å²) in [4.78, 5) is 12.5. The molecule has 0 aromatic heterocycles. The van der Waals surface area contributed by atoms with Crippen LogP contribution in [0.2, 0.25) is 0 Å². The molecule has 0 aliphatic carbocycles. The van der Waals surface area contributed by atoms with Crippen molar-refractivity contribution < 1.29 is 14.7 Å². The van der Waals surface area contributed by atoms with Crippen LogP contribution in [0.15, 0.2) is 24.3 Å². The molecule has 1 N–H and O–H groups in total. The van der Waals surface area contributed by atoms with Crippen molar-refractivity contribution in [1.29, 1.82) is 0 Å². The van der Waals surface area contributed by atoms with Gasteiger partial charge in [0, 0.05) is 24.4 Å². The predicted octanol–water partition coefficient (Wildman–Crippen LogP) is 4.80. The van der Waals surface area contributed by atoms with Crippen molar-refractivity contribution >= 4 is 5.97 Å². The van der Waals surface area contributed by atoms with E-state index in [0.29, 0.717) is 18.4 Å². The van der Waals surface area contributed by atoms with Crippen LogP contribution in [0.3, 0.4) is 0 Å². The molecule has 25 heavy (non-hydrogen) atoms. The molecule has 1 aliphatic rings. The van der Waals surface area contributed by atoms with Crippen LogP contribution in [0, 0.1) is 5.92 Å². The first kappa shape index (κ1) is 19.9. The molecule has 0 saturated carbocycles. The lowest BCUT2D eigenvalue weighted by molar-refractivity contribution is -0.235. The Morgan fingerprint density at radius 2 is 1.80 bits per heavy atom. The van der Waals surface area contributed by atoms with E-state index in [1.807, 2.05) is 38.1 Å². The summed E-state index contributed by atoms with van der Waals surface area (Å²) in [6.07, 6.45) is 1.10. The summed E-state index contributed by atoms with van der Waals surface area (Å²) < 4.78 is 5.79. The molecule has 2 unspecified atom stereocenters. The van der Waals surface area contributed by atoms with Crippen LogP contribution in [0.5, 0.6) is 0 Å². The smallest absolute Gasteiger partial charge is 0.338 e. The second kappa shape index (κ2) is 7.08.